The Labute approximate surface area is 162 Å². The molecule has 0 saturated heterocycles. The van der Waals surface area contributed by atoms with Crippen LogP contribution < -0.4 is 10.6 Å². The number of aromatic nitrogens is 1. The quantitative estimate of drug-likeness (QED) is 0.680. The third kappa shape index (κ3) is 4.51. The van der Waals surface area contributed by atoms with Crippen LogP contribution in [0.25, 0.3) is 0 Å². The number of benzene rings is 2. The molecule has 3 aromatic rings. The molecule has 2 aromatic carbocycles. The average Bonchev–Trinajstić information content (AvgIpc) is 2.65. The molecule has 2 amide bonds. The molecule has 136 valence electrons. The monoisotopic (exact) mass is 379 g/mol. The molecule has 0 aliphatic carbocycles. The molecular weight excluding hydrogens is 362 g/mol. The third-order valence-electron chi connectivity index (χ3n) is 4.19. The predicted molar refractivity (Wildman–Crippen MR) is 108 cm³/mol. The molecule has 0 aliphatic heterocycles. The summed E-state index contributed by atoms with van der Waals surface area (Å²) in [6.45, 7) is 3.93. The van der Waals surface area contributed by atoms with Crippen molar-refractivity contribution in [2.45, 2.75) is 13.8 Å². The molecule has 1 heterocycles. The zero-order valence-corrected chi connectivity index (χ0v) is 15.7. The summed E-state index contributed by atoms with van der Waals surface area (Å²) < 4.78 is 0. The van der Waals surface area contributed by atoms with Crippen molar-refractivity contribution in [1.29, 1.82) is 0 Å². The zero-order valence-electron chi connectivity index (χ0n) is 14.9. The van der Waals surface area contributed by atoms with Gasteiger partial charge in [0, 0.05) is 28.2 Å². The van der Waals surface area contributed by atoms with E-state index in [4.69, 9.17) is 11.6 Å². The molecule has 1 aromatic heterocycles. The van der Waals surface area contributed by atoms with Crippen LogP contribution in [0.1, 0.15) is 32.0 Å². The van der Waals surface area contributed by atoms with Crippen LogP contribution in [0.3, 0.4) is 0 Å². The lowest BCUT2D eigenvalue weighted by Crippen LogP contribution is -2.17. The van der Waals surface area contributed by atoms with E-state index >= 15 is 0 Å². The third-order valence-corrected chi connectivity index (χ3v) is 4.43. The van der Waals surface area contributed by atoms with E-state index in [0.29, 0.717) is 16.3 Å². The van der Waals surface area contributed by atoms with E-state index in [9.17, 15) is 9.59 Å². The van der Waals surface area contributed by atoms with Crippen molar-refractivity contribution >= 4 is 34.8 Å². The van der Waals surface area contributed by atoms with E-state index in [1.807, 2.05) is 32.0 Å². The van der Waals surface area contributed by atoms with Gasteiger partial charge in [0.2, 0.25) is 0 Å². The van der Waals surface area contributed by atoms with E-state index in [-0.39, 0.29) is 11.6 Å². The molecule has 0 aliphatic rings. The van der Waals surface area contributed by atoms with E-state index in [1.54, 1.807) is 30.3 Å². The Morgan fingerprint density at radius 3 is 2.48 bits per heavy atom. The second-order valence-corrected chi connectivity index (χ2v) is 6.53. The van der Waals surface area contributed by atoms with Crippen molar-refractivity contribution in [3.63, 3.8) is 0 Å². The summed E-state index contributed by atoms with van der Waals surface area (Å²) in [5.41, 5.74) is 3.87. The van der Waals surface area contributed by atoms with Gasteiger partial charge >= 0.3 is 0 Å². The van der Waals surface area contributed by atoms with Gasteiger partial charge in [-0.3, -0.25) is 14.6 Å². The number of rotatable bonds is 4. The number of carbonyl (C=O) groups is 2. The molecule has 0 atom stereocenters. The lowest BCUT2D eigenvalue weighted by Gasteiger charge is -2.11. The highest BCUT2D eigenvalue weighted by molar-refractivity contribution is 6.31. The molecule has 2 N–H and O–H groups in total. The van der Waals surface area contributed by atoms with Crippen LogP contribution in [0.4, 0.5) is 11.4 Å². The van der Waals surface area contributed by atoms with Crippen molar-refractivity contribution in [3.8, 4) is 0 Å². The number of carbonyl (C=O) groups excluding carboxylic acids is 2. The normalized spacial score (nSPS) is 10.3. The number of nitrogens with one attached hydrogen (secondary N) is 2. The lowest BCUT2D eigenvalue weighted by atomic mass is 10.1. The van der Waals surface area contributed by atoms with Crippen LogP contribution >= 0.6 is 11.6 Å². The number of hydrogen-bond donors (Lipinski definition) is 2. The first-order valence-corrected chi connectivity index (χ1v) is 8.72. The fraction of sp³-hybridized carbons (Fsp3) is 0.0952. The van der Waals surface area contributed by atoms with Crippen molar-refractivity contribution < 1.29 is 9.59 Å². The summed E-state index contributed by atoms with van der Waals surface area (Å²) in [7, 11) is 0. The highest BCUT2D eigenvalue weighted by atomic mass is 35.5. The average molecular weight is 380 g/mol. The van der Waals surface area contributed by atoms with Crippen LogP contribution in [0.5, 0.6) is 0 Å². The van der Waals surface area contributed by atoms with Gasteiger partial charge in [-0.15, -0.1) is 0 Å². The van der Waals surface area contributed by atoms with Gasteiger partial charge in [-0.25, -0.2) is 0 Å². The molecule has 0 spiro atoms. The van der Waals surface area contributed by atoms with Crippen LogP contribution in [0.15, 0.2) is 60.8 Å². The van der Waals surface area contributed by atoms with Gasteiger partial charge in [-0.2, -0.15) is 0 Å². The Bertz CT molecular complexity index is 1020. The highest BCUT2D eigenvalue weighted by Crippen LogP contribution is 2.19. The van der Waals surface area contributed by atoms with Crippen LogP contribution in [-0.4, -0.2) is 16.8 Å². The van der Waals surface area contributed by atoms with Gasteiger partial charge in [0.15, 0.2) is 0 Å². The Kier molecular flexibility index (Phi) is 5.52. The zero-order chi connectivity index (χ0) is 19.4. The van der Waals surface area contributed by atoms with Gasteiger partial charge in [0.25, 0.3) is 11.8 Å². The molecule has 0 unspecified atom stereocenters. The molecule has 0 saturated carbocycles. The van der Waals surface area contributed by atoms with E-state index in [1.165, 1.54) is 12.3 Å². The summed E-state index contributed by atoms with van der Waals surface area (Å²) in [5.74, 6) is -0.721. The summed E-state index contributed by atoms with van der Waals surface area (Å²) in [6.07, 6.45) is 1.44. The molecule has 3 rings (SSSR count). The number of pyridine rings is 1. The van der Waals surface area contributed by atoms with E-state index in [2.05, 4.69) is 15.6 Å². The number of anilines is 2. The maximum absolute atomic E-state index is 12.6. The van der Waals surface area contributed by atoms with Gasteiger partial charge in [-0.1, -0.05) is 29.8 Å². The lowest BCUT2D eigenvalue weighted by molar-refractivity contribution is 0.102. The fourth-order valence-corrected chi connectivity index (χ4v) is 2.73. The van der Waals surface area contributed by atoms with Crippen molar-refractivity contribution in [1.82, 2.24) is 4.98 Å². The minimum atomic E-state index is -0.418. The molecular formula is C21H18ClN3O2. The maximum Gasteiger partial charge on any atom is 0.274 e. The minimum Gasteiger partial charge on any atom is -0.322 e. The van der Waals surface area contributed by atoms with E-state index < -0.39 is 5.91 Å². The van der Waals surface area contributed by atoms with Crippen molar-refractivity contribution in [3.05, 3.63) is 88.2 Å². The first kappa shape index (κ1) is 18.6. The number of aryl methyl sites for hydroxylation is 1. The molecule has 0 fully saturated rings. The highest BCUT2D eigenvalue weighted by Gasteiger charge is 2.13. The number of amides is 2. The number of hydrogen-bond acceptors (Lipinski definition) is 3. The van der Waals surface area contributed by atoms with Crippen molar-refractivity contribution in [2.24, 2.45) is 0 Å². The van der Waals surface area contributed by atoms with Crippen LogP contribution in [0.2, 0.25) is 5.02 Å². The summed E-state index contributed by atoms with van der Waals surface area (Å²) >= 11 is 5.92. The standard InChI is InChI=1S/C21H18ClN3O2/c1-13-5-3-8-18(14(13)2)25-20(26)15-9-10-23-19(11-15)21(27)24-17-7-4-6-16(22)12-17/h3-12H,1-2H3,(H,24,27)(H,25,26). The number of halogens is 1. The Morgan fingerprint density at radius 2 is 1.70 bits per heavy atom. The molecule has 27 heavy (non-hydrogen) atoms. The topological polar surface area (TPSA) is 71.1 Å². The fourth-order valence-electron chi connectivity index (χ4n) is 2.54. The van der Waals surface area contributed by atoms with Gasteiger partial charge in [0.1, 0.15) is 5.69 Å². The molecule has 0 radical (unpaired) electrons. The van der Waals surface area contributed by atoms with Crippen LogP contribution in [-0.2, 0) is 0 Å². The van der Waals surface area contributed by atoms with Gasteiger partial charge in [0.05, 0.1) is 0 Å². The first-order chi connectivity index (χ1) is 12.9. The second-order valence-electron chi connectivity index (χ2n) is 6.10. The van der Waals surface area contributed by atoms with Crippen LogP contribution in [0, 0.1) is 13.8 Å². The molecule has 0 bridgehead atoms. The minimum absolute atomic E-state index is 0.142. The van der Waals surface area contributed by atoms with E-state index in [0.717, 1.165) is 16.8 Å². The summed E-state index contributed by atoms with van der Waals surface area (Å²) in [6, 6.07) is 15.5. The Morgan fingerprint density at radius 1 is 0.926 bits per heavy atom. The predicted octanol–water partition coefficient (Wildman–Crippen LogP) is 4.86. The molecule has 6 heteroatoms. The van der Waals surface area contributed by atoms with Gasteiger partial charge < -0.3 is 10.6 Å². The number of nitrogens with zero attached hydrogens (tertiary/aromatic N) is 1. The van der Waals surface area contributed by atoms with Gasteiger partial charge in [-0.05, 0) is 61.4 Å². The van der Waals surface area contributed by atoms with Crippen molar-refractivity contribution in [2.75, 3.05) is 10.6 Å². The first-order valence-electron chi connectivity index (χ1n) is 8.34. The Hall–Kier alpha value is -3.18. The second kappa shape index (κ2) is 8.01. The smallest absolute Gasteiger partial charge is 0.274 e. The maximum atomic E-state index is 12.6. The summed E-state index contributed by atoms with van der Waals surface area (Å²) in [5, 5.41) is 6.10. The Balaban J connectivity index is 1.77. The summed E-state index contributed by atoms with van der Waals surface area (Å²) in [4.78, 5) is 29.0. The largest absolute Gasteiger partial charge is 0.322 e. The molecule has 5 nitrogen and oxygen atoms in total. The SMILES string of the molecule is Cc1cccc(NC(=O)c2ccnc(C(=O)Nc3cccc(Cl)c3)c2)c1C.